The molecule has 0 amide bonds. The zero-order valence-corrected chi connectivity index (χ0v) is 9.54. The number of likely N-dealkylation sites (N-methyl/N-ethyl adjacent to an activating group) is 1. The van der Waals surface area contributed by atoms with Crippen molar-refractivity contribution in [3.8, 4) is 0 Å². The van der Waals surface area contributed by atoms with Gasteiger partial charge in [0.2, 0.25) is 0 Å². The maximum Gasteiger partial charge on any atom is 0.327 e. The van der Waals surface area contributed by atoms with E-state index in [0.29, 0.717) is 11.6 Å². The van der Waals surface area contributed by atoms with E-state index in [1.165, 1.54) is 0 Å². The first-order valence-electron chi connectivity index (χ1n) is 4.79. The maximum atomic E-state index is 11.6. The van der Waals surface area contributed by atoms with Crippen LogP contribution in [0.3, 0.4) is 0 Å². The SMILES string of the molecule is CCOC(=O)C(NC)c1ccccc1Cl. The lowest BCUT2D eigenvalue weighted by molar-refractivity contribution is -0.145. The Hall–Kier alpha value is -1.06. The Bertz CT molecular complexity index is 341. The van der Waals surface area contributed by atoms with E-state index >= 15 is 0 Å². The van der Waals surface area contributed by atoms with Crippen molar-refractivity contribution in [2.45, 2.75) is 13.0 Å². The van der Waals surface area contributed by atoms with E-state index in [2.05, 4.69) is 5.32 Å². The summed E-state index contributed by atoms with van der Waals surface area (Å²) in [6.45, 7) is 2.14. The van der Waals surface area contributed by atoms with E-state index in [9.17, 15) is 4.79 Å². The third-order valence-corrected chi connectivity index (χ3v) is 2.37. The summed E-state index contributed by atoms with van der Waals surface area (Å²) in [4.78, 5) is 11.6. The minimum Gasteiger partial charge on any atom is -0.465 e. The van der Waals surface area contributed by atoms with Crippen LogP contribution in [0.1, 0.15) is 18.5 Å². The molecule has 0 saturated carbocycles. The Balaban J connectivity index is 2.92. The Morgan fingerprint density at radius 1 is 1.53 bits per heavy atom. The second kappa shape index (κ2) is 5.73. The summed E-state index contributed by atoms with van der Waals surface area (Å²) in [7, 11) is 1.70. The summed E-state index contributed by atoms with van der Waals surface area (Å²) in [6.07, 6.45) is 0. The molecule has 1 atom stereocenters. The van der Waals surface area contributed by atoms with Gasteiger partial charge >= 0.3 is 5.97 Å². The third-order valence-electron chi connectivity index (χ3n) is 2.03. The highest BCUT2D eigenvalue weighted by molar-refractivity contribution is 6.31. The number of benzene rings is 1. The monoisotopic (exact) mass is 227 g/mol. The Morgan fingerprint density at radius 3 is 2.73 bits per heavy atom. The molecule has 1 N–H and O–H groups in total. The van der Waals surface area contributed by atoms with Crippen LogP contribution in [0.2, 0.25) is 5.02 Å². The molecule has 1 aromatic rings. The van der Waals surface area contributed by atoms with Gasteiger partial charge in [0.05, 0.1) is 6.61 Å². The van der Waals surface area contributed by atoms with E-state index in [1.54, 1.807) is 26.1 Å². The predicted molar refractivity (Wildman–Crippen MR) is 59.9 cm³/mol. The van der Waals surface area contributed by atoms with Crippen molar-refractivity contribution in [3.63, 3.8) is 0 Å². The highest BCUT2D eigenvalue weighted by atomic mass is 35.5. The van der Waals surface area contributed by atoms with Gasteiger partial charge in [-0.3, -0.25) is 0 Å². The molecule has 0 aromatic heterocycles. The van der Waals surface area contributed by atoms with Gasteiger partial charge in [-0.25, -0.2) is 4.79 Å². The van der Waals surface area contributed by atoms with Crippen LogP contribution in [0.25, 0.3) is 0 Å². The van der Waals surface area contributed by atoms with Crippen LogP contribution in [0, 0.1) is 0 Å². The number of halogens is 1. The van der Waals surface area contributed by atoms with Crippen molar-refractivity contribution in [3.05, 3.63) is 34.9 Å². The number of carbonyl (C=O) groups excluding carboxylic acids is 1. The molecule has 15 heavy (non-hydrogen) atoms. The van der Waals surface area contributed by atoms with E-state index in [-0.39, 0.29) is 5.97 Å². The molecule has 0 fully saturated rings. The van der Waals surface area contributed by atoms with Crippen molar-refractivity contribution in [2.24, 2.45) is 0 Å². The van der Waals surface area contributed by atoms with Gasteiger partial charge in [0.15, 0.2) is 0 Å². The van der Waals surface area contributed by atoms with E-state index < -0.39 is 6.04 Å². The second-order valence-corrected chi connectivity index (χ2v) is 3.40. The van der Waals surface area contributed by atoms with Crippen molar-refractivity contribution >= 4 is 17.6 Å². The Labute approximate surface area is 94.4 Å². The van der Waals surface area contributed by atoms with Gasteiger partial charge in [0.1, 0.15) is 6.04 Å². The van der Waals surface area contributed by atoms with Crippen molar-refractivity contribution < 1.29 is 9.53 Å². The van der Waals surface area contributed by atoms with Gasteiger partial charge in [-0.1, -0.05) is 29.8 Å². The molecule has 0 aliphatic carbocycles. The first kappa shape index (κ1) is 12.0. The summed E-state index contributed by atoms with van der Waals surface area (Å²) >= 11 is 5.99. The number of esters is 1. The summed E-state index contributed by atoms with van der Waals surface area (Å²) in [5.74, 6) is -0.312. The maximum absolute atomic E-state index is 11.6. The van der Waals surface area contributed by atoms with Crippen molar-refractivity contribution in [2.75, 3.05) is 13.7 Å². The molecule has 1 aromatic carbocycles. The van der Waals surface area contributed by atoms with Gasteiger partial charge in [-0.15, -0.1) is 0 Å². The molecule has 82 valence electrons. The minimum absolute atomic E-state index is 0.312. The number of ether oxygens (including phenoxy) is 1. The first-order chi connectivity index (χ1) is 7.20. The zero-order chi connectivity index (χ0) is 11.3. The fraction of sp³-hybridized carbons (Fsp3) is 0.364. The Kier molecular flexibility index (Phi) is 4.59. The zero-order valence-electron chi connectivity index (χ0n) is 8.79. The van der Waals surface area contributed by atoms with Crippen LogP contribution in [0.4, 0.5) is 0 Å². The summed E-state index contributed by atoms with van der Waals surface area (Å²) in [5, 5.41) is 3.44. The molecular formula is C11H14ClNO2. The van der Waals surface area contributed by atoms with Gasteiger partial charge < -0.3 is 10.1 Å². The van der Waals surface area contributed by atoms with Gasteiger partial charge in [-0.05, 0) is 25.6 Å². The van der Waals surface area contributed by atoms with Gasteiger partial charge in [0, 0.05) is 5.02 Å². The molecule has 4 heteroatoms. The molecule has 0 saturated heterocycles. The van der Waals surface area contributed by atoms with Gasteiger partial charge in [-0.2, -0.15) is 0 Å². The van der Waals surface area contributed by atoms with Crippen LogP contribution in [0.15, 0.2) is 24.3 Å². The standard InChI is InChI=1S/C11H14ClNO2/c1-3-15-11(14)10(13-2)8-6-4-5-7-9(8)12/h4-7,10,13H,3H2,1-2H3. The molecule has 0 spiro atoms. The molecule has 3 nitrogen and oxygen atoms in total. The van der Waals surface area contributed by atoms with Crippen molar-refractivity contribution in [1.82, 2.24) is 5.32 Å². The molecule has 0 bridgehead atoms. The van der Waals surface area contributed by atoms with Crippen LogP contribution >= 0.6 is 11.6 Å². The smallest absolute Gasteiger partial charge is 0.327 e. The Morgan fingerprint density at radius 2 is 2.20 bits per heavy atom. The quantitative estimate of drug-likeness (QED) is 0.802. The molecule has 0 aliphatic rings. The predicted octanol–water partition coefficient (Wildman–Crippen LogP) is 2.16. The lowest BCUT2D eigenvalue weighted by atomic mass is 10.1. The third kappa shape index (κ3) is 2.94. The number of rotatable bonds is 4. The molecule has 0 aliphatic heterocycles. The van der Waals surface area contributed by atoms with E-state index in [4.69, 9.17) is 16.3 Å². The van der Waals surface area contributed by atoms with Crippen molar-refractivity contribution in [1.29, 1.82) is 0 Å². The van der Waals surface area contributed by atoms with Crippen LogP contribution < -0.4 is 5.32 Å². The normalized spacial score (nSPS) is 12.2. The van der Waals surface area contributed by atoms with E-state index in [1.807, 2.05) is 12.1 Å². The fourth-order valence-electron chi connectivity index (χ4n) is 1.34. The highest BCUT2D eigenvalue weighted by Gasteiger charge is 2.21. The first-order valence-corrected chi connectivity index (χ1v) is 5.16. The van der Waals surface area contributed by atoms with E-state index in [0.717, 1.165) is 5.56 Å². The topological polar surface area (TPSA) is 38.3 Å². The molecule has 1 rings (SSSR count). The number of hydrogen-bond donors (Lipinski definition) is 1. The minimum atomic E-state index is -0.501. The fourth-order valence-corrected chi connectivity index (χ4v) is 1.58. The largest absolute Gasteiger partial charge is 0.465 e. The van der Waals surface area contributed by atoms with Crippen LogP contribution in [-0.2, 0) is 9.53 Å². The molecule has 0 heterocycles. The average Bonchev–Trinajstić information content (AvgIpc) is 2.22. The number of carbonyl (C=O) groups is 1. The number of hydrogen-bond acceptors (Lipinski definition) is 3. The van der Waals surface area contributed by atoms with Crippen LogP contribution in [0.5, 0.6) is 0 Å². The number of nitrogens with one attached hydrogen (secondary N) is 1. The summed E-state index contributed by atoms with van der Waals surface area (Å²) in [6, 6.07) is 6.72. The lowest BCUT2D eigenvalue weighted by Gasteiger charge is -2.15. The molecular weight excluding hydrogens is 214 g/mol. The summed E-state index contributed by atoms with van der Waals surface area (Å²) < 4.78 is 4.94. The highest BCUT2D eigenvalue weighted by Crippen LogP contribution is 2.23. The lowest BCUT2D eigenvalue weighted by Crippen LogP contribution is -2.27. The van der Waals surface area contributed by atoms with Crippen LogP contribution in [-0.4, -0.2) is 19.6 Å². The second-order valence-electron chi connectivity index (χ2n) is 3.00. The molecule has 1 unspecified atom stereocenters. The van der Waals surface area contributed by atoms with Gasteiger partial charge in [0.25, 0.3) is 0 Å². The molecule has 0 radical (unpaired) electrons. The summed E-state index contributed by atoms with van der Waals surface area (Å²) in [5.41, 5.74) is 0.736. The average molecular weight is 228 g/mol.